The van der Waals surface area contributed by atoms with Crippen LogP contribution in [-0.2, 0) is 14.8 Å². The van der Waals surface area contributed by atoms with Crippen LogP contribution in [0.1, 0.15) is 26.2 Å². The number of hydrogen-bond acceptors (Lipinski definition) is 4. The molecule has 1 atom stereocenters. The molecule has 1 saturated heterocycles. The van der Waals surface area contributed by atoms with E-state index in [1.165, 1.54) is 10.6 Å². The van der Waals surface area contributed by atoms with Gasteiger partial charge in [-0.3, -0.25) is 4.79 Å². The molecular weight excluding hydrogens is 302 g/mol. The van der Waals surface area contributed by atoms with Crippen molar-refractivity contribution in [3.8, 4) is 0 Å². The molecule has 6 nitrogen and oxygen atoms in total. The van der Waals surface area contributed by atoms with Crippen LogP contribution < -0.4 is 10.6 Å². The maximum atomic E-state index is 11.8. The number of carbonyl (C=O) groups is 1. The Kier molecular flexibility index (Phi) is 9.37. The number of amides is 1. The molecule has 1 aliphatic heterocycles. The van der Waals surface area contributed by atoms with Gasteiger partial charge in [0.05, 0.1) is 12.2 Å². The summed E-state index contributed by atoms with van der Waals surface area (Å²) in [4.78, 5) is 11.8. The maximum Gasteiger partial charge on any atom is 0.224 e. The smallest absolute Gasteiger partial charge is 0.224 e. The Morgan fingerprint density at radius 3 is 2.65 bits per heavy atom. The van der Waals surface area contributed by atoms with Gasteiger partial charge in [0.1, 0.15) is 0 Å². The zero-order valence-electron chi connectivity index (χ0n) is 12.2. The quantitative estimate of drug-likeness (QED) is 0.655. The largest absolute Gasteiger partial charge is 0.356 e. The van der Waals surface area contributed by atoms with Crippen molar-refractivity contribution in [1.82, 2.24) is 14.9 Å². The maximum absolute atomic E-state index is 11.8. The number of carbonyl (C=O) groups excluding carboxylic acids is 1. The molecule has 8 heteroatoms. The summed E-state index contributed by atoms with van der Waals surface area (Å²) in [6, 6.07) is 0. The van der Waals surface area contributed by atoms with Crippen LogP contribution in [0.5, 0.6) is 0 Å². The van der Waals surface area contributed by atoms with Gasteiger partial charge in [-0.25, -0.2) is 12.7 Å². The number of sulfonamides is 1. The summed E-state index contributed by atoms with van der Waals surface area (Å²) < 4.78 is 24.2. The van der Waals surface area contributed by atoms with Crippen molar-refractivity contribution >= 4 is 28.3 Å². The van der Waals surface area contributed by atoms with E-state index in [0.29, 0.717) is 26.1 Å². The second-order valence-corrected chi connectivity index (χ2v) is 6.92. The van der Waals surface area contributed by atoms with E-state index < -0.39 is 10.0 Å². The normalized spacial score (nSPS) is 19.4. The third-order valence-electron chi connectivity index (χ3n) is 3.37. The van der Waals surface area contributed by atoms with Crippen LogP contribution in [0.2, 0.25) is 0 Å². The van der Waals surface area contributed by atoms with Gasteiger partial charge >= 0.3 is 0 Å². The van der Waals surface area contributed by atoms with Crippen molar-refractivity contribution in [3.05, 3.63) is 0 Å². The Balaban J connectivity index is 0.00000361. The average Bonchev–Trinajstić information content (AvgIpc) is 2.38. The van der Waals surface area contributed by atoms with E-state index in [4.69, 9.17) is 0 Å². The van der Waals surface area contributed by atoms with Crippen molar-refractivity contribution in [2.24, 2.45) is 5.92 Å². The molecule has 1 unspecified atom stereocenters. The number of rotatable bonds is 7. The third-order valence-corrected chi connectivity index (χ3v) is 4.75. The van der Waals surface area contributed by atoms with Gasteiger partial charge in [0.15, 0.2) is 0 Å². The highest BCUT2D eigenvalue weighted by Crippen LogP contribution is 2.09. The predicted octanol–water partition coefficient (Wildman–Crippen LogP) is 0.196. The van der Waals surface area contributed by atoms with Gasteiger partial charge in [-0.1, -0.05) is 6.92 Å². The summed E-state index contributed by atoms with van der Waals surface area (Å²) in [7, 11) is -3.13. The number of nitrogens with one attached hydrogen (secondary N) is 2. The molecule has 1 amide bonds. The van der Waals surface area contributed by atoms with Gasteiger partial charge in [-0.2, -0.15) is 0 Å². The minimum Gasteiger partial charge on any atom is -0.356 e. The lowest BCUT2D eigenvalue weighted by Crippen LogP contribution is -2.41. The van der Waals surface area contributed by atoms with E-state index in [1.54, 1.807) is 0 Å². The van der Waals surface area contributed by atoms with Crippen molar-refractivity contribution in [2.45, 2.75) is 26.2 Å². The first-order valence-electron chi connectivity index (χ1n) is 6.88. The Morgan fingerprint density at radius 2 is 2.15 bits per heavy atom. The van der Waals surface area contributed by atoms with Gasteiger partial charge < -0.3 is 10.6 Å². The summed E-state index contributed by atoms with van der Waals surface area (Å²) >= 11 is 0. The first-order chi connectivity index (χ1) is 8.95. The molecule has 0 aromatic carbocycles. The fourth-order valence-electron chi connectivity index (χ4n) is 2.25. The molecule has 1 heterocycles. The molecule has 0 bridgehead atoms. The number of piperidine rings is 1. The molecule has 0 aromatic heterocycles. The zero-order valence-corrected chi connectivity index (χ0v) is 13.9. The molecule has 0 spiro atoms. The predicted molar refractivity (Wildman–Crippen MR) is 82.6 cm³/mol. The van der Waals surface area contributed by atoms with Gasteiger partial charge in [0.25, 0.3) is 0 Å². The number of nitrogens with zero attached hydrogens (tertiary/aromatic N) is 1. The van der Waals surface area contributed by atoms with E-state index in [1.807, 2.05) is 6.92 Å². The van der Waals surface area contributed by atoms with Gasteiger partial charge in [0, 0.05) is 26.2 Å². The molecule has 1 aliphatic rings. The molecule has 0 radical (unpaired) electrons. The SMILES string of the molecule is CCN(CCCNC(=O)C1CCCNC1)S(C)(=O)=O.Cl. The topological polar surface area (TPSA) is 78.5 Å². The fourth-order valence-corrected chi connectivity index (χ4v) is 3.18. The number of hydrogen-bond donors (Lipinski definition) is 2. The van der Waals surface area contributed by atoms with Crippen LogP contribution in [0, 0.1) is 5.92 Å². The molecule has 1 fully saturated rings. The lowest BCUT2D eigenvalue weighted by molar-refractivity contribution is -0.125. The highest BCUT2D eigenvalue weighted by atomic mass is 35.5. The van der Waals surface area contributed by atoms with E-state index in [-0.39, 0.29) is 24.2 Å². The Morgan fingerprint density at radius 1 is 1.45 bits per heavy atom. The fraction of sp³-hybridized carbons (Fsp3) is 0.917. The van der Waals surface area contributed by atoms with Crippen LogP contribution in [0.3, 0.4) is 0 Å². The van der Waals surface area contributed by atoms with E-state index >= 15 is 0 Å². The lowest BCUT2D eigenvalue weighted by atomic mass is 9.99. The summed E-state index contributed by atoms with van der Waals surface area (Å²) in [6.45, 7) is 5.01. The molecule has 0 aromatic rings. The molecule has 20 heavy (non-hydrogen) atoms. The van der Waals surface area contributed by atoms with Crippen molar-refractivity contribution < 1.29 is 13.2 Å². The molecular formula is C12H26ClN3O3S. The Labute approximate surface area is 128 Å². The second kappa shape index (κ2) is 9.55. The standard InChI is InChI=1S/C12H25N3O3S.ClH/c1-3-15(19(2,17)18)9-5-8-14-12(16)11-6-4-7-13-10-11;/h11,13H,3-10H2,1-2H3,(H,14,16);1H. The monoisotopic (exact) mass is 327 g/mol. The average molecular weight is 328 g/mol. The number of halogens is 1. The minimum atomic E-state index is -3.13. The molecule has 120 valence electrons. The van der Waals surface area contributed by atoms with Crippen molar-refractivity contribution in [2.75, 3.05) is 39.0 Å². The lowest BCUT2D eigenvalue weighted by Gasteiger charge is -2.22. The second-order valence-electron chi connectivity index (χ2n) is 4.94. The third kappa shape index (κ3) is 6.88. The zero-order chi connectivity index (χ0) is 14.3. The summed E-state index contributed by atoms with van der Waals surface area (Å²) in [5.74, 6) is 0.139. The summed E-state index contributed by atoms with van der Waals surface area (Å²) in [5.41, 5.74) is 0. The van der Waals surface area contributed by atoms with Crippen LogP contribution >= 0.6 is 12.4 Å². The summed E-state index contributed by atoms with van der Waals surface area (Å²) in [5, 5.41) is 6.09. The van der Waals surface area contributed by atoms with E-state index in [0.717, 1.165) is 25.9 Å². The summed E-state index contributed by atoms with van der Waals surface area (Å²) in [6.07, 6.45) is 3.83. The molecule has 0 saturated carbocycles. The highest BCUT2D eigenvalue weighted by Gasteiger charge is 2.20. The van der Waals surface area contributed by atoms with Crippen LogP contribution in [0.4, 0.5) is 0 Å². The van der Waals surface area contributed by atoms with Crippen molar-refractivity contribution in [1.29, 1.82) is 0 Å². The van der Waals surface area contributed by atoms with Crippen LogP contribution in [0.25, 0.3) is 0 Å². The molecule has 2 N–H and O–H groups in total. The van der Waals surface area contributed by atoms with Crippen LogP contribution in [0.15, 0.2) is 0 Å². The van der Waals surface area contributed by atoms with Gasteiger partial charge in [-0.15, -0.1) is 12.4 Å². The van der Waals surface area contributed by atoms with E-state index in [2.05, 4.69) is 10.6 Å². The van der Waals surface area contributed by atoms with E-state index in [9.17, 15) is 13.2 Å². The van der Waals surface area contributed by atoms with Gasteiger partial charge in [-0.05, 0) is 25.8 Å². The molecule has 1 rings (SSSR count). The first kappa shape index (κ1) is 19.6. The van der Waals surface area contributed by atoms with Crippen LogP contribution in [-0.4, -0.2) is 57.6 Å². The van der Waals surface area contributed by atoms with Crippen molar-refractivity contribution in [3.63, 3.8) is 0 Å². The first-order valence-corrected chi connectivity index (χ1v) is 8.73. The highest BCUT2D eigenvalue weighted by molar-refractivity contribution is 7.88. The van der Waals surface area contributed by atoms with Gasteiger partial charge in [0.2, 0.25) is 15.9 Å². The Bertz CT molecular complexity index is 383. The molecule has 0 aliphatic carbocycles. The Hall–Kier alpha value is -0.370. The minimum absolute atomic E-state index is 0.